The Morgan fingerprint density at radius 3 is 2.22 bits per heavy atom. The lowest BCUT2D eigenvalue weighted by atomic mass is 10.1. The van der Waals surface area contributed by atoms with E-state index in [1.54, 1.807) is 49.6 Å². The number of carbonyl (C=O) groups excluding carboxylic acids is 1. The van der Waals surface area contributed by atoms with Gasteiger partial charge in [0.25, 0.3) is 5.56 Å². The van der Waals surface area contributed by atoms with Crippen LogP contribution < -0.4 is 25.1 Å². The number of carbonyl (C=O) groups is 1. The van der Waals surface area contributed by atoms with Gasteiger partial charge in [-0.05, 0) is 35.9 Å². The lowest BCUT2D eigenvalue weighted by molar-refractivity contribution is 0.206. The minimum absolute atomic E-state index is 0.0336. The highest BCUT2D eigenvalue weighted by molar-refractivity contribution is 6.31. The largest absolute Gasteiger partial charge is 0.495 e. The van der Waals surface area contributed by atoms with Gasteiger partial charge in [0.1, 0.15) is 5.75 Å². The molecule has 1 aromatic heterocycles. The average molecular weight is 508 g/mol. The Morgan fingerprint density at radius 1 is 0.861 bits per heavy atom. The molecule has 9 heteroatoms. The van der Waals surface area contributed by atoms with E-state index in [9.17, 15) is 9.59 Å². The number of rotatable bonds is 8. The number of ether oxygens (including phenoxy) is 3. The summed E-state index contributed by atoms with van der Waals surface area (Å²) in [4.78, 5) is 30.8. The van der Waals surface area contributed by atoms with Gasteiger partial charge in [0.05, 0.1) is 39.1 Å². The van der Waals surface area contributed by atoms with Gasteiger partial charge in [-0.3, -0.25) is 4.79 Å². The van der Waals surface area contributed by atoms with E-state index in [4.69, 9.17) is 25.8 Å². The first-order valence-corrected chi connectivity index (χ1v) is 11.5. The number of aromatic nitrogens is 1. The molecule has 0 aliphatic heterocycles. The molecule has 2 amide bonds. The van der Waals surface area contributed by atoms with Crippen molar-refractivity contribution >= 4 is 34.2 Å². The van der Waals surface area contributed by atoms with Gasteiger partial charge < -0.3 is 29.4 Å². The maximum atomic E-state index is 13.4. The number of benzene rings is 3. The molecule has 0 bridgehead atoms. The lowest BCUT2D eigenvalue weighted by Crippen LogP contribution is -2.36. The van der Waals surface area contributed by atoms with Crippen LogP contribution in [0.25, 0.3) is 10.9 Å². The Balaban J connectivity index is 1.71. The molecular weight excluding hydrogens is 482 g/mol. The van der Waals surface area contributed by atoms with Crippen LogP contribution in [0.2, 0.25) is 5.02 Å². The Bertz CT molecular complexity index is 1450. The highest BCUT2D eigenvalue weighted by Gasteiger charge is 2.20. The number of hydrogen-bond acceptors (Lipinski definition) is 5. The monoisotopic (exact) mass is 507 g/mol. The summed E-state index contributed by atoms with van der Waals surface area (Å²) in [6.45, 7) is 0.218. The second-order valence-corrected chi connectivity index (χ2v) is 8.40. The first kappa shape index (κ1) is 24.9. The molecule has 1 heterocycles. The Hall–Kier alpha value is -4.17. The van der Waals surface area contributed by atoms with E-state index in [1.807, 2.05) is 24.3 Å². The predicted molar refractivity (Wildman–Crippen MR) is 140 cm³/mol. The summed E-state index contributed by atoms with van der Waals surface area (Å²) < 4.78 is 16.1. The van der Waals surface area contributed by atoms with Crippen LogP contribution >= 0.6 is 11.6 Å². The van der Waals surface area contributed by atoms with Crippen LogP contribution in [0.3, 0.4) is 0 Å². The molecule has 4 rings (SSSR count). The lowest BCUT2D eigenvalue weighted by Gasteiger charge is -2.24. The molecule has 0 fully saturated rings. The normalized spacial score (nSPS) is 10.7. The fraction of sp³-hybridized carbons (Fsp3) is 0.185. The second kappa shape index (κ2) is 11.0. The van der Waals surface area contributed by atoms with Gasteiger partial charge in [-0.25, -0.2) is 4.79 Å². The van der Waals surface area contributed by atoms with Crippen LogP contribution in [-0.2, 0) is 13.1 Å². The highest BCUT2D eigenvalue weighted by atomic mass is 35.5. The molecule has 8 nitrogen and oxygen atoms in total. The zero-order chi connectivity index (χ0) is 25.7. The Labute approximate surface area is 213 Å². The first-order chi connectivity index (χ1) is 17.4. The Morgan fingerprint density at radius 2 is 1.50 bits per heavy atom. The summed E-state index contributed by atoms with van der Waals surface area (Å²) in [5.41, 5.74) is 1.94. The number of methoxy groups -OCH3 is 3. The van der Waals surface area contributed by atoms with Crippen molar-refractivity contribution < 1.29 is 19.0 Å². The van der Waals surface area contributed by atoms with E-state index in [2.05, 4.69) is 10.3 Å². The van der Waals surface area contributed by atoms with Gasteiger partial charge in [0, 0.05) is 28.6 Å². The first-order valence-electron chi connectivity index (χ1n) is 11.1. The number of halogens is 1. The molecule has 0 saturated heterocycles. The molecule has 2 N–H and O–H groups in total. The zero-order valence-electron chi connectivity index (χ0n) is 20.1. The fourth-order valence-corrected chi connectivity index (χ4v) is 4.07. The van der Waals surface area contributed by atoms with E-state index in [0.717, 1.165) is 10.9 Å². The number of nitrogens with one attached hydrogen (secondary N) is 2. The molecule has 4 aromatic rings. The smallest absolute Gasteiger partial charge is 0.322 e. The van der Waals surface area contributed by atoms with Crippen LogP contribution in [0.4, 0.5) is 10.5 Å². The van der Waals surface area contributed by atoms with Crippen molar-refractivity contribution in [3.05, 3.63) is 93.2 Å². The number of urea groups is 1. The van der Waals surface area contributed by atoms with Crippen LogP contribution in [0, 0.1) is 0 Å². The number of nitrogens with zero attached hydrogens (tertiary/aromatic N) is 1. The van der Waals surface area contributed by atoms with Crippen LogP contribution in [0.5, 0.6) is 17.2 Å². The number of pyridine rings is 1. The number of para-hydroxylation sites is 2. The summed E-state index contributed by atoms with van der Waals surface area (Å²) >= 11 is 6.38. The van der Waals surface area contributed by atoms with E-state index in [1.165, 1.54) is 19.1 Å². The number of amides is 2. The van der Waals surface area contributed by atoms with Crippen molar-refractivity contribution in [2.45, 2.75) is 13.1 Å². The van der Waals surface area contributed by atoms with Crippen molar-refractivity contribution in [3.8, 4) is 17.2 Å². The molecular formula is C27H26ClN3O5. The quantitative estimate of drug-likeness (QED) is 0.331. The van der Waals surface area contributed by atoms with Crippen molar-refractivity contribution in [2.24, 2.45) is 0 Å². The summed E-state index contributed by atoms with van der Waals surface area (Å²) in [6.07, 6.45) is 0. The molecule has 0 spiro atoms. The van der Waals surface area contributed by atoms with E-state index >= 15 is 0 Å². The van der Waals surface area contributed by atoms with Crippen molar-refractivity contribution in [3.63, 3.8) is 0 Å². The number of anilines is 1. The standard InChI is InChI=1S/C27H26ClN3O5/c1-34-23-11-7-6-10-21(23)30-27(33)31(15-17-8-4-5-9-20(17)28)16-19-12-18-13-24(35-2)25(36-3)14-22(18)29-26(19)32/h4-14H,15-16H2,1-3H3,(H,29,32)(H,30,33). The predicted octanol–water partition coefficient (Wildman–Crippen LogP) is 5.44. The Kier molecular flexibility index (Phi) is 7.65. The molecule has 0 aliphatic rings. The summed E-state index contributed by atoms with van der Waals surface area (Å²) in [7, 11) is 4.61. The van der Waals surface area contributed by atoms with Gasteiger partial charge in [0.15, 0.2) is 11.5 Å². The molecule has 0 aliphatic carbocycles. The molecule has 0 atom stereocenters. The topological polar surface area (TPSA) is 92.9 Å². The minimum Gasteiger partial charge on any atom is -0.495 e. The van der Waals surface area contributed by atoms with E-state index in [-0.39, 0.29) is 18.6 Å². The van der Waals surface area contributed by atoms with Crippen molar-refractivity contribution in [1.82, 2.24) is 9.88 Å². The van der Waals surface area contributed by atoms with Crippen molar-refractivity contribution in [2.75, 3.05) is 26.6 Å². The van der Waals surface area contributed by atoms with E-state index in [0.29, 0.717) is 39.0 Å². The van der Waals surface area contributed by atoms with Crippen LogP contribution in [0.15, 0.2) is 71.5 Å². The van der Waals surface area contributed by atoms with Gasteiger partial charge in [-0.15, -0.1) is 0 Å². The van der Waals surface area contributed by atoms with Crippen molar-refractivity contribution in [1.29, 1.82) is 0 Å². The summed E-state index contributed by atoms with van der Waals surface area (Å²) in [5.74, 6) is 1.56. The number of aromatic amines is 1. The molecule has 3 aromatic carbocycles. The maximum absolute atomic E-state index is 13.4. The van der Waals surface area contributed by atoms with Gasteiger partial charge >= 0.3 is 6.03 Å². The minimum atomic E-state index is -0.411. The highest BCUT2D eigenvalue weighted by Crippen LogP contribution is 2.31. The second-order valence-electron chi connectivity index (χ2n) is 8.00. The van der Waals surface area contributed by atoms with Gasteiger partial charge in [0.2, 0.25) is 0 Å². The third-order valence-electron chi connectivity index (χ3n) is 5.74. The fourth-order valence-electron chi connectivity index (χ4n) is 3.88. The van der Waals surface area contributed by atoms with Crippen LogP contribution in [-0.4, -0.2) is 37.2 Å². The van der Waals surface area contributed by atoms with Gasteiger partial charge in [-0.2, -0.15) is 0 Å². The third-order valence-corrected chi connectivity index (χ3v) is 6.11. The number of H-pyrrole nitrogens is 1. The van der Waals surface area contributed by atoms with Gasteiger partial charge in [-0.1, -0.05) is 41.9 Å². The number of fused-ring (bicyclic) bond motifs is 1. The average Bonchev–Trinajstić information content (AvgIpc) is 2.89. The maximum Gasteiger partial charge on any atom is 0.322 e. The molecule has 36 heavy (non-hydrogen) atoms. The summed E-state index contributed by atoms with van der Waals surface area (Å²) in [6, 6.07) is 19.2. The summed E-state index contributed by atoms with van der Waals surface area (Å²) in [5, 5.41) is 4.15. The molecule has 0 saturated carbocycles. The number of hydrogen-bond donors (Lipinski definition) is 2. The zero-order valence-corrected chi connectivity index (χ0v) is 20.9. The molecule has 0 unspecified atom stereocenters. The van der Waals surface area contributed by atoms with Crippen LogP contribution in [0.1, 0.15) is 11.1 Å². The third kappa shape index (κ3) is 5.39. The molecule has 186 valence electrons. The molecule has 0 radical (unpaired) electrons. The van der Waals surface area contributed by atoms with E-state index < -0.39 is 6.03 Å². The SMILES string of the molecule is COc1ccccc1NC(=O)N(Cc1ccccc1Cl)Cc1cc2cc(OC)c(OC)cc2[nH]c1=O.